The van der Waals surface area contributed by atoms with Gasteiger partial charge in [0.1, 0.15) is 18.1 Å². The summed E-state index contributed by atoms with van der Waals surface area (Å²) in [4.78, 5) is 10.9. The van der Waals surface area contributed by atoms with Crippen LogP contribution in [0.4, 0.5) is 13.2 Å². The molecule has 0 saturated heterocycles. The average molecular weight is 322 g/mol. The van der Waals surface area contributed by atoms with Crippen molar-refractivity contribution in [3.05, 3.63) is 65.2 Å². The van der Waals surface area contributed by atoms with Gasteiger partial charge in [-0.1, -0.05) is 43.7 Å². The Bertz CT molecular complexity index is 651. The van der Waals surface area contributed by atoms with Gasteiger partial charge in [-0.25, -0.2) is 0 Å². The fourth-order valence-electron chi connectivity index (χ4n) is 2.31. The van der Waals surface area contributed by atoms with Crippen molar-refractivity contribution in [3.63, 3.8) is 0 Å². The van der Waals surface area contributed by atoms with Crippen LogP contribution in [0, 0.1) is 0 Å². The molecule has 1 unspecified atom stereocenters. The molecule has 2 aromatic rings. The van der Waals surface area contributed by atoms with E-state index in [1.807, 2.05) is 37.3 Å². The van der Waals surface area contributed by atoms with E-state index in [1.54, 1.807) is 0 Å². The molecule has 0 spiro atoms. The number of benzene rings is 2. The SMILES string of the molecule is CCCC(Oc1cc(C=O)cc(C(F)(F)F)c1)c1ccccc1. The molecule has 23 heavy (non-hydrogen) atoms. The van der Waals surface area contributed by atoms with Crippen LogP contribution in [0.5, 0.6) is 5.75 Å². The third kappa shape index (κ3) is 4.58. The topological polar surface area (TPSA) is 26.3 Å². The first-order valence-corrected chi connectivity index (χ1v) is 7.33. The highest BCUT2D eigenvalue weighted by Gasteiger charge is 2.31. The van der Waals surface area contributed by atoms with Crippen LogP contribution in [0.2, 0.25) is 0 Å². The van der Waals surface area contributed by atoms with Gasteiger partial charge in [0.05, 0.1) is 5.56 Å². The minimum atomic E-state index is -4.52. The molecule has 0 radical (unpaired) electrons. The van der Waals surface area contributed by atoms with Gasteiger partial charge in [0.2, 0.25) is 0 Å². The van der Waals surface area contributed by atoms with Crippen LogP contribution >= 0.6 is 0 Å². The summed E-state index contributed by atoms with van der Waals surface area (Å²) >= 11 is 0. The van der Waals surface area contributed by atoms with E-state index in [1.165, 1.54) is 6.07 Å². The monoisotopic (exact) mass is 322 g/mol. The fourth-order valence-corrected chi connectivity index (χ4v) is 2.31. The number of carbonyl (C=O) groups is 1. The minimum Gasteiger partial charge on any atom is -0.486 e. The molecule has 0 N–H and O–H groups in total. The summed E-state index contributed by atoms with van der Waals surface area (Å²) in [7, 11) is 0. The summed E-state index contributed by atoms with van der Waals surface area (Å²) in [6, 6.07) is 12.4. The summed E-state index contributed by atoms with van der Waals surface area (Å²) in [5, 5.41) is 0. The Hall–Kier alpha value is -2.30. The molecular weight excluding hydrogens is 305 g/mol. The van der Waals surface area contributed by atoms with Crippen molar-refractivity contribution in [3.8, 4) is 5.75 Å². The van der Waals surface area contributed by atoms with E-state index in [9.17, 15) is 18.0 Å². The summed E-state index contributed by atoms with van der Waals surface area (Å²) in [5.41, 5.74) is -0.0574. The van der Waals surface area contributed by atoms with Crippen molar-refractivity contribution >= 4 is 6.29 Å². The first kappa shape index (κ1) is 17.1. The van der Waals surface area contributed by atoms with Crippen LogP contribution in [-0.4, -0.2) is 6.29 Å². The van der Waals surface area contributed by atoms with Crippen molar-refractivity contribution in [1.82, 2.24) is 0 Å². The molecule has 2 rings (SSSR count). The van der Waals surface area contributed by atoms with Gasteiger partial charge in [0.15, 0.2) is 0 Å². The smallest absolute Gasteiger partial charge is 0.416 e. The molecule has 122 valence electrons. The zero-order valence-corrected chi connectivity index (χ0v) is 12.6. The maximum Gasteiger partial charge on any atom is 0.416 e. The Labute approximate surface area is 132 Å². The summed E-state index contributed by atoms with van der Waals surface area (Å²) in [6.45, 7) is 1.97. The van der Waals surface area contributed by atoms with Gasteiger partial charge in [-0.3, -0.25) is 4.79 Å². The number of ether oxygens (including phenoxy) is 1. The Kier molecular flexibility index (Phi) is 5.42. The quantitative estimate of drug-likeness (QED) is 0.662. The summed E-state index contributed by atoms with van der Waals surface area (Å²) < 4.78 is 44.5. The lowest BCUT2D eigenvalue weighted by Crippen LogP contribution is -2.10. The zero-order valence-electron chi connectivity index (χ0n) is 12.6. The number of rotatable bonds is 6. The van der Waals surface area contributed by atoms with Crippen molar-refractivity contribution in [2.24, 2.45) is 0 Å². The van der Waals surface area contributed by atoms with E-state index >= 15 is 0 Å². The number of alkyl halides is 3. The number of aldehydes is 1. The lowest BCUT2D eigenvalue weighted by molar-refractivity contribution is -0.137. The van der Waals surface area contributed by atoms with Gasteiger partial charge in [0, 0.05) is 5.56 Å². The van der Waals surface area contributed by atoms with Crippen LogP contribution in [-0.2, 0) is 6.18 Å². The highest BCUT2D eigenvalue weighted by molar-refractivity contribution is 5.76. The van der Waals surface area contributed by atoms with E-state index < -0.39 is 11.7 Å². The predicted octanol–water partition coefficient (Wildman–Crippen LogP) is 5.44. The molecule has 0 aliphatic carbocycles. The molecule has 0 aliphatic heterocycles. The van der Waals surface area contributed by atoms with E-state index in [4.69, 9.17) is 4.74 Å². The molecule has 0 aliphatic rings. The Morgan fingerprint density at radius 3 is 2.39 bits per heavy atom. The maximum atomic E-state index is 12.9. The predicted molar refractivity (Wildman–Crippen MR) is 81.6 cm³/mol. The Morgan fingerprint density at radius 2 is 1.83 bits per heavy atom. The summed E-state index contributed by atoms with van der Waals surface area (Å²) in [6.07, 6.45) is -3.01. The van der Waals surface area contributed by atoms with E-state index in [2.05, 4.69) is 0 Å². The molecule has 0 aromatic heterocycles. The second kappa shape index (κ2) is 7.31. The zero-order chi connectivity index (χ0) is 16.9. The number of carbonyl (C=O) groups excluding carboxylic acids is 1. The molecule has 1 atom stereocenters. The first-order valence-electron chi connectivity index (χ1n) is 7.33. The van der Waals surface area contributed by atoms with Gasteiger partial charge in [-0.15, -0.1) is 0 Å². The second-order valence-corrected chi connectivity index (χ2v) is 5.21. The number of halogens is 3. The van der Waals surface area contributed by atoms with Crippen LogP contribution in [0.25, 0.3) is 0 Å². The van der Waals surface area contributed by atoms with Crippen molar-refractivity contribution in [2.45, 2.75) is 32.0 Å². The molecule has 2 aromatic carbocycles. The minimum absolute atomic E-state index is 0.0456. The van der Waals surface area contributed by atoms with E-state index in [-0.39, 0.29) is 17.4 Å². The molecule has 2 nitrogen and oxygen atoms in total. The van der Waals surface area contributed by atoms with Crippen molar-refractivity contribution in [2.75, 3.05) is 0 Å². The lowest BCUT2D eigenvalue weighted by atomic mass is 10.0. The van der Waals surface area contributed by atoms with Crippen LogP contribution in [0.3, 0.4) is 0 Å². The molecule has 0 saturated carbocycles. The Morgan fingerprint density at radius 1 is 1.13 bits per heavy atom. The third-order valence-corrected chi connectivity index (χ3v) is 3.39. The maximum absolute atomic E-state index is 12.9. The largest absolute Gasteiger partial charge is 0.486 e. The van der Waals surface area contributed by atoms with Crippen LogP contribution in [0.15, 0.2) is 48.5 Å². The van der Waals surface area contributed by atoms with Crippen LogP contribution < -0.4 is 4.74 Å². The van der Waals surface area contributed by atoms with Gasteiger partial charge < -0.3 is 4.74 Å². The fraction of sp³-hybridized carbons (Fsp3) is 0.278. The Balaban J connectivity index is 2.34. The highest BCUT2D eigenvalue weighted by Crippen LogP contribution is 2.34. The van der Waals surface area contributed by atoms with E-state index in [0.29, 0.717) is 12.7 Å². The van der Waals surface area contributed by atoms with Gasteiger partial charge in [0.25, 0.3) is 0 Å². The lowest BCUT2D eigenvalue weighted by Gasteiger charge is -2.20. The average Bonchev–Trinajstić information content (AvgIpc) is 2.54. The molecule has 0 amide bonds. The van der Waals surface area contributed by atoms with Crippen molar-refractivity contribution in [1.29, 1.82) is 0 Å². The number of hydrogen-bond donors (Lipinski definition) is 0. The standard InChI is InChI=1S/C18H17F3O2/c1-2-6-17(14-7-4-3-5-8-14)23-16-10-13(12-22)9-15(11-16)18(19,20)21/h3-5,7-12,17H,2,6H2,1H3. The number of hydrogen-bond acceptors (Lipinski definition) is 2. The van der Waals surface area contributed by atoms with Crippen molar-refractivity contribution < 1.29 is 22.7 Å². The molecule has 0 heterocycles. The summed E-state index contributed by atoms with van der Waals surface area (Å²) in [5.74, 6) is 0.0456. The van der Waals surface area contributed by atoms with E-state index in [0.717, 1.165) is 24.1 Å². The van der Waals surface area contributed by atoms with Gasteiger partial charge in [-0.05, 0) is 30.2 Å². The molecule has 0 bridgehead atoms. The first-order chi connectivity index (χ1) is 10.9. The van der Waals surface area contributed by atoms with Crippen LogP contribution in [0.1, 0.15) is 47.4 Å². The molecular formula is C18H17F3O2. The molecule has 5 heteroatoms. The molecule has 0 fully saturated rings. The van der Waals surface area contributed by atoms with Gasteiger partial charge in [-0.2, -0.15) is 13.2 Å². The normalized spacial score (nSPS) is 12.7. The second-order valence-electron chi connectivity index (χ2n) is 5.21. The third-order valence-electron chi connectivity index (χ3n) is 3.39. The van der Waals surface area contributed by atoms with Gasteiger partial charge >= 0.3 is 6.18 Å². The highest BCUT2D eigenvalue weighted by atomic mass is 19.4.